The average Bonchev–Trinajstić information content (AvgIpc) is 2.69. The molecule has 0 atom stereocenters. The number of pyridine rings is 1. The van der Waals surface area contributed by atoms with E-state index < -0.39 is 0 Å². The Labute approximate surface area is 159 Å². The SMILES string of the molecule is Cc1nc(N)nc(N2CCN(C3CCOCC3)CC2)c1-c1ccc(N)nc1. The lowest BCUT2D eigenvalue weighted by Crippen LogP contribution is -2.52. The van der Waals surface area contributed by atoms with Gasteiger partial charge in [0, 0.05) is 62.8 Å². The highest BCUT2D eigenvalue weighted by Gasteiger charge is 2.28. The summed E-state index contributed by atoms with van der Waals surface area (Å²) in [5.74, 6) is 1.69. The van der Waals surface area contributed by atoms with Gasteiger partial charge in [-0.3, -0.25) is 4.90 Å². The van der Waals surface area contributed by atoms with Crippen molar-refractivity contribution in [2.24, 2.45) is 0 Å². The molecule has 0 bridgehead atoms. The molecule has 4 rings (SSSR count). The summed E-state index contributed by atoms with van der Waals surface area (Å²) in [6.07, 6.45) is 4.03. The Balaban J connectivity index is 1.57. The summed E-state index contributed by atoms with van der Waals surface area (Å²) in [7, 11) is 0. The molecule has 4 N–H and O–H groups in total. The lowest BCUT2D eigenvalue weighted by atomic mass is 10.0. The van der Waals surface area contributed by atoms with Gasteiger partial charge < -0.3 is 21.1 Å². The van der Waals surface area contributed by atoms with Crippen molar-refractivity contribution in [1.82, 2.24) is 19.9 Å². The summed E-state index contributed by atoms with van der Waals surface area (Å²) in [4.78, 5) is 18.1. The standard InChI is InChI=1S/C19H27N7O/c1-13-17(14-2-3-16(20)22-12-14)18(24-19(21)23-13)26-8-6-25(7-9-26)15-4-10-27-11-5-15/h2-3,12,15H,4-11H2,1H3,(H2,20,22)(H2,21,23,24). The zero-order chi connectivity index (χ0) is 18.8. The summed E-state index contributed by atoms with van der Waals surface area (Å²) in [6.45, 7) is 7.60. The molecule has 27 heavy (non-hydrogen) atoms. The van der Waals surface area contributed by atoms with Crippen molar-refractivity contribution in [3.63, 3.8) is 0 Å². The maximum absolute atomic E-state index is 5.97. The van der Waals surface area contributed by atoms with Gasteiger partial charge in [0.25, 0.3) is 0 Å². The molecule has 2 aliphatic rings. The lowest BCUT2D eigenvalue weighted by Gasteiger charge is -2.41. The van der Waals surface area contributed by atoms with E-state index in [-0.39, 0.29) is 0 Å². The third kappa shape index (κ3) is 3.81. The largest absolute Gasteiger partial charge is 0.384 e. The zero-order valence-electron chi connectivity index (χ0n) is 15.8. The first kappa shape index (κ1) is 17.9. The number of anilines is 3. The van der Waals surface area contributed by atoms with Gasteiger partial charge in [-0.15, -0.1) is 0 Å². The molecule has 4 heterocycles. The van der Waals surface area contributed by atoms with Crippen LogP contribution < -0.4 is 16.4 Å². The van der Waals surface area contributed by atoms with E-state index in [1.807, 2.05) is 13.0 Å². The van der Waals surface area contributed by atoms with Gasteiger partial charge in [-0.2, -0.15) is 4.98 Å². The van der Waals surface area contributed by atoms with E-state index in [1.165, 1.54) is 0 Å². The minimum absolute atomic E-state index is 0.307. The Morgan fingerprint density at radius 3 is 2.44 bits per heavy atom. The molecule has 8 nitrogen and oxygen atoms in total. The minimum Gasteiger partial charge on any atom is -0.384 e. The van der Waals surface area contributed by atoms with Crippen molar-refractivity contribution in [2.45, 2.75) is 25.8 Å². The van der Waals surface area contributed by atoms with Gasteiger partial charge in [0.1, 0.15) is 11.6 Å². The van der Waals surface area contributed by atoms with Crippen LogP contribution in [0.2, 0.25) is 0 Å². The molecule has 2 fully saturated rings. The number of hydrogen-bond donors (Lipinski definition) is 2. The third-order valence-corrected chi connectivity index (χ3v) is 5.48. The average molecular weight is 369 g/mol. The first-order chi connectivity index (χ1) is 13.1. The maximum Gasteiger partial charge on any atom is 0.222 e. The van der Waals surface area contributed by atoms with Crippen LogP contribution >= 0.6 is 0 Å². The van der Waals surface area contributed by atoms with Crippen LogP contribution in [-0.4, -0.2) is 65.3 Å². The molecule has 0 spiro atoms. The second kappa shape index (κ2) is 7.66. The van der Waals surface area contributed by atoms with E-state index in [1.54, 1.807) is 12.3 Å². The van der Waals surface area contributed by atoms with Crippen LogP contribution in [0, 0.1) is 6.92 Å². The Hall–Kier alpha value is -2.45. The number of ether oxygens (including phenoxy) is 1. The number of rotatable bonds is 3. The molecule has 2 aliphatic heterocycles. The van der Waals surface area contributed by atoms with Gasteiger partial charge in [-0.25, -0.2) is 9.97 Å². The smallest absolute Gasteiger partial charge is 0.222 e. The molecule has 0 amide bonds. The van der Waals surface area contributed by atoms with Crippen LogP contribution in [0.4, 0.5) is 17.6 Å². The van der Waals surface area contributed by atoms with Crippen LogP contribution in [0.3, 0.4) is 0 Å². The molecule has 8 heteroatoms. The fraction of sp³-hybridized carbons (Fsp3) is 0.526. The maximum atomic E-state index is 5.97. The van der Waals surface area contributed by atoms with Crippen molar-refractivity contribution in [1.29, 1.82) is 0 Å². The van der Waals surface area contributed by atoms with Crippen LogP contribution in [0.1, 0.15) is 18.5 Å². The molecule has 0 aromatic carbocycles. The normalized spacial score (nSPS) is 19.4. The Morgan fingerprint density at radius 1 is 1.04 bits per heavy atom. The van der Waals surface area contributed by atoms with E-state index in [4.69, 9.17) is 16.2 Å². The van der Waals surface area contributed by atoms with E-state index in [0.717, 1.165) is 74.9 Å². The number of nitrogens with zero attached hydrogens (tertiary/aromatic N) is 5. The molecule has 144 valence electrons. The van der Waals surface area contributed by atoms with Crippen LogP contribution in [-0.2, 0) is 4.74 Å². The van der Waals surface area contributed by atoms with E-state index >= 15 is 0 Å². The molecule has 0 radical (unpaired) electrons. The fourth-order valence-corrected chi connectivity index (χ4v) is 4.05. The quantitative estimate of drug-likeness (QED) is 0.834. The van der Waals surface area contributed by atoms with Crippen molar-refractivity contribution >= 4 is 17.6 Å². The van der Waals surface area contributed by atoms with Crippen molar-refractivity contribution < 1.29 is 4.74 Å². The number of piperazine rings is 1. The molecule has 0 saturated carbocycles. The van der Waals surface area contributed by atoms with Gasteiger partial charge in [0.05, 0.1) is 5.69 Å². The van der Waals surface area contributed by atoms with Gasteiger partial charge in [0.15, 0.2) is 0 Å². The molecule has 2 aromatic rings. The van der Waals surface area contributed by atoms with Crippen LogP contribution in [0.15, 0.2) is 18.3 Å². The second-order valence-electron chi connectivity index (χ2n) is 7.20. The number of hydrogen-bond acceptors (Lipinski definition) is 8. The van der Waals surface area contributed by atoms with E-state index in [0.29, 0.717) is 17.8 Å². The van der Waals surface area contributed by atoms with Crippen LogP contribution in [0.5, 0.6) is 0 Å². The predicted molar refractivity (Wildman–Crippen MR) is 106 cm³/mol. The molecule has 0 aliphatic carbocycles. The summed E-state index contributed by atoms with van der Waals surface area (Å²) in [5, 5.41) is 0. The monoisotopic (exact) mass is 369 g/mol. The molecule has 2 saturated heterocycles. The summed E-state index contributed by atoms with van der Waals surface area (Å²) >= 11 is 0. The minimum atomic E-state index is 0.307. The van der Waals surface area contributed by atoms with Gasteiger partial charge >= 0.3 is 0 Å². The van der Waals surface area contributed by atoms with Crippen LogP contribution in [0.25, 0.3) is 11.1 Å². The molecule has 2 aromatic heterocycles. The highest BCUT2D eigenvalue weighted by atomic mass is 16.5. The predicted octanol–water partition coefficient (Wildman–Crippen LogP) is 1.31. The third-order valence-electron chi connectivity index (χ3n) is 5.48. The molecular formula is C19H27N7O. The van der Waals surface area contributed by atoms with Gasteiger partial charge in [-0.1, -0.05) is 0 Å². The Kier molecular flexibility index (Phi) is 5.09. The van der Waals surface area contributed by atoms with Gasteiger partial charge in [0.2, 0.25) is 5.95 Å². The summed E-state index contributed by atoms with van der Waals surface area (Å²) in [6, 6.07) is 4.41. The van der Waals surface area contributed by atoms with Crippen molar-refractivity contribution in [3.05, 3.63) is 24.0 Å². The van der Waals surface area contributed by atoms with E-state index in [9.17, 15) is 0 Å². The number of aryl methyl sites for hydroxylation is 1. The van der Waals surface area contributed by atoms with Crippen molar-refractivity contribution in [2.75, 3.05) is 55.8 Å². The first-order valence-electron chi connectivity index (χ1n) is 9.54. The Morgan fingerprint density at radius 2 is 1.78 bits per heavy atom. The summed E-state index contributed by atoms with van der Waals surface area (Å²) in [5.41, 5.74) is 14.5. The number of aromatic nitrogens is 3. The first-order valence-corrected chi connectivity index (χ1v) is 9.54. The number of nitrogens with two attached hydrogens (primary N) is 2. The Bertz CT molecular complexity index is 781. The van der Waals surface area contributed by atoms with E-state index in [2.05, 4.69) is 24.8 Å². The number of nitrogen functional groups attached to an aromatic ring is 2. The fourth-order valence-electron chi connectivity index (χ4n) is 4.05. The highest BCUT2D eigenvalue weighted by Crippen LogP contribution is 2.33. The second-order valence-corrected chi connectivity index (χ2v) is 7.20. The van der Waals surface area contributed by atoms with Gasteiger partial charge in [-0.05, 0) is 31.9 Å². The zero-order valence-corrected chi connectivity index (χ0v) is 15.8. The molecular weight excluding hydrogens is 342 g/mol. The van der Waals surface area contributed by atoms with Crippen molar-refractivity contribution in [3.8, 4) is 11.1 Å². The highest BCUT2D eigenvalue weighted by molar-refractivity contribution is 5.78. The summed E-state index contributed by atoms with van der Waals surface area (Å²) < 4.78 is 5.50. The lowest BCUT2D eigenvalue weighted by molar-refractivity contribution is 0.0321. The topological polar surface area (TPSA) is 106 Å². The molecule has 0 unspecified atom stereocenters.